The van der Waals surface area contributed by atoms with Crippen LogP contribution >= 0.6 is 0 Å². The third-order valence-corrected chi connectivity index (χ3v) is 3.18. The zero-order valence-electron chi connectivity index (χ0n) is 11.1. The van der Waals surface area contributed by atoms with Crippen LogP contribution in [0.25, 0.3) is 0 Å². The minimum absolute atomic E-state index is 0.282. The second-order valence-corrected chi connectivity index (χ2v) is 4.81. The zero-order valence-corrected chi connectivity index (χ0v) is 11.1. The fourth-order valence-electron chi connectivity index (χ4n) is 2.43. The van der Waals surface area contributed by atoms with Crippen molar-refractivity contribution in [2.75, 3.05) is 25.1 Å². The van der Waals surface area contributed by atoms with E-state index in [2.05, 4.69) is 37.8 Å². The molecule has 0 N–H and O–H groups in total. The summed E-state index contributed by atoms with van der Waals surface area (Å²) >= 11 is 0. The molecule has 2 rings (SSSR count). The van der Waals surface area contributed by atoms with Gasteiger partial charge < -0.3 is 14.4 Å². The van der Waals surface area contributed by atoms with E-state index in [0.717, 1.165) is 18.8 Å². The molecular formula is C14H21NO2. The highest BCUT2D eigenvalue weighted by Crippen LogP contribution is 2.28. The van der Waals surface area contributed by atoms with E-state index in [1.807, 2.05) is 6.07 Å². The quantitative estimate of drug-likeness (QED) is 0.786. The number of aryl methyl sites for hydroxylation is 1. The molecule has 0 bridgehead atoms. The summed E-state index contributed by atoms with van der Waals surface area (Å²) in [7, 11) is 1.71. The first-order valence-electron chi connectivity index (χ1n) is 6.15. The zero-order chi connectivity index (χ0) is 12.4. The van der Waals surface area contributed by atoms with Gasteiger partial charge in [-0.05, 0) is 32.4 Å². The molecule has 0 aromatic heterocycles. The topological polar surface area (TPSA) is 21.7 Å². The molecule has 2 unspecified atom stereocenters. The van der Waals surface area contributed by atoms with Gasteiger partial charge in [0.2, 0.25) is 0 Å². The Morgan fingerprint density at radius 1 is 1.24 bits per heavy atom. The van der Waals surface area contributed by atoms with Crippen LogP contribution in [-0.4, -0.2) is 32.4 Å². The Balaban J connectivity index is 2.26. The van der Waals surface area contributed by atoms with Gasteiger partial charge in [-0.15, -0.1) is 0 Å². The van der Waals surface area contributed by atoms with Crippen LogP contribution in [0.2, 0.25) is 0 Å². The lowest BCUT2D eigenvalue weighted by atomic mass is 10.1. The molecule has 0 saturated carbocycles. The van der Waals surface area contributed by atoms with Crippen molar-refractivity contribution in [2.24, 2.45) is 0 Å². The number of anilines is 1. The van der Waals surface area contributed by atoms with Gasteiger partial charge >= 0.3 is 0 Å². The minimum Gasteiger partial charge on any atom is -0.497 e. The SMILES string of the molecule is COc1ccc(C)c(N2CC(C)OC(C)C2)c1. The molecule has 0 aliphatic carbocycles. The molecule has 0 amide bonds. The Morgan fingerprint density at radius 2 is 1.88 bits per heavy atom. The largest absolute Gasteiger partial charge is 0.497 e. The molecule has 17 heavy (non-hydrogen) atoms. The molecule has 1 aromatic carbocycles. The van der Waals surface area contributed by atoms with Crippen LogP contribution < -0.4 is 9.64 Å². The third-order valence-electron chi connectivity index (χ3n) is 3.18. The first-order chi connectivity index (χ1) is 8.10. The summed E-state index contributed by atoms with van der Waals surface area (Å²) in [5.41, 5.74) is 2.54. The maximum Gasteiger partial charge on any atom is 0.120 e. The number of benzene rings is 1. The number of nitrogens with zero attached hydrogens (tertiary/aromatic N) is 1. The van der Waals surface area contributed by atoms with Gasteiger partial charge in [0.15, 0.2) is 0 Å². The molecule has 0 spiro atoms. The lowest BCUT2D eigenvalue weighted by molar-refractivity contribution is -0.00525. The molecule has 2 atom stereocenters. The molecule has 1 aliphatic rings. The molecule has 1 saturated heterocycles. The molecular weight excluding hydrogens is 214 g/mol. The molecule has 1 heterocycles. The van der Waals surface area contributed by atoms with Crippen molar-refractivity contribution in [3.05, 3.63) is 23.8 Å². The highest BCUT2D eigenvalue weighted by atomic mass is 16.5. The Morgan fingerprint density at radius 3 is 2.47 bits per heavy atom. The molecule has 94 valence electrons. The lowest BCUT2D eigenvalue weighted by Gasteiger charge is -2.37. The predicted octanol–water partition coefficient (Wildman–Crippen LogP) is 2.62. The molecule has 1 fully saturated rings. The predicted molar refractivity (Wildman–Crippen MR) is 70.0 cm³/mol. The van der Waals surface area contributed by atoms with Crippen LogP contribution in [0.1, 0.15) is 19.4 Å². The van der Waals surface area contributed by atoms with E-state index in [1.165, 1.54) is 11.3 Å². The fourth-order valence-corrected chi connectivity index (χ4v) is 2.43. The number of morpholine rings is 1. The van der Waals surface area contributed by atoms with Gasteiger partial charge in [0.05, 0.1) is 19.3 Å². The number of hydrogen-bond donors (Lipinski definition) is 0. The summed E-state index contributed by atoms with van der Waals surface area (Å²) in [4.78, 5) is 2.39. The minimum atomic E-state index is 0.282. The van der Waals surface area contributed by atoms with Crippen molar-refractivity contribution < 1.29 is 9.47 Å². The van der Waals surface area contributed by atoms with Gasteiger partial charge in [-0.2, -0.15) is 0 Å². The van der Waals surface area contributed by atoms with Gasteiger partial charge in [-0.1, -0.05) is 6.07 Å². The number of rotatable bonds is 2. The van der Waals surface area contributed by atoms with Crippen LogP contribution in [0, 0.1) is 6.92 Å². The van der Waals surface area contributed by atoms with Crippen molar-refractivity contribution in [1.29, 1.82) is 0 Å². The van der Waals surface area contributed by atoms with E-state index in [-0.39, 0.29) is 12.2 Å². The number of methoxy groups -OCH3 is 1. The van der Waals surface area contributed by atoms with E-state index >= 15 is 0 Å². The van der Waals surface area contributed by atoms with Gasteiger partial charge in [0.25, 0.3) is 0 Å². The molecule has 3 heteroatoms. The standard InChI is InChI=1S/C14H21NO2/c1-10-5-6-13(16-4)7-14(10)15-8-11(2)17-12(3)9-15/h5-7,11-12H,8-9H2,1-4H3. The third kappa shape index (κ3) is 2.72. The normalized spacial score (nSPS) is 24.8. The monoisotopic (exact) mass is 235 g/mol. The second-order valence-electron chi connectivity index (χ2n) is 4.81. The highest BCUT2D eigenvalue weighted by molar-refractivity contribution is 5.57. The van der Waals surface area contributed by atoms with Gasteiger partial charge in [-0.3, -0.25) is 0 Å². The Bertz CT molecular complexity index is 382. The van der Waals surface area contributed by atoms with E-state index < -0.39 is 0 Å². The fraction of sp³-hybridized carbons (Fsp3) is 0.571. The smallest absolute Gasteiger partial charge is 0.120 e. The second kappa shape index (κ2) is 4.96. The summed E-state index contributed by atoms with van der Waals surface area (Å²) in [6.45, 7) is 8.27. The lowest BCUT2D eigenvalue weighted by Crippen LogP contribution is -2.45. The highest BCUT2D eigenvalue weighted by Gasteiger charge is 2.23. The number of ether oxygens (including phenoxy) is 2. The summed E-state index contributed by atoms with van der Waals surface area (Å²) in [6.07, 6.45) is 0.564. The van der Waals surface area contributed by atoms with Crippen LogP contribution in [0.4, 0.5) is 5.69 Å². The molecule has 3 nitrogen and oxygen atoms in total. The van der Waals surface area contributed by atoms with Crippen molar-refractivity contribution >= 4 is 5.69 Å². The summed E-state index contributed by atoms with van der Waals surface area (Å²) in [5, 5.41) is 0. The summed E-state index contributed by atoms with van der Waals surface area (Å²) in [5.74, 6) is 0.914. The van der Waals surface area contributed by atoms with E-state index in [4.69, 9.17) is 9.47 Å². The first kappa shape index (κ1) is 12.2. The molecule has 1 aliphatic heterocycles. The maximum atomic E-state index is 5.76. The molecule has 0 radical (unpaired) electrons. The van der Waals surface area contributed by atoms with Gasteiger partial charge in [0, 0.05) is 24.8 Å². The Kier molecular flexibility index (Phi) is 3.57. The number of hydrogen-bond acceptors (Lipinski definition) is 3. The summed E-state index contributed by atoms with van der Waals surface area (Å²) in [6, 6.07) is 6.23. The summed E-state index contributed by atoms with van der Waals surface area (Å²) < 4.78 is 11.1. The van der Waals surface area contributed by atoms with Crippen LogP contribution in [0.5, 0.6) is 5.75 Å². The maximum absolute atomic E-state index is 5.76. The van der Waals surface area contributed by atoms with Crippen molar-refractivity contribution in [1.82, 2.24) is 0 Å². The van der Waals surface area contributed by atoms with Crippen molar-refractivity contribution in [3.63, 3.8) is 0 Å². The average molecular weight is 235 g/mol. The van der Waals surface area contributed by atoms with Gasteiger partial charge in [0.1, 0.15) is 5.75 Å². The van der Waals surface area contributed by atoms with Crippen LogP contribution in [0.15, 0.2) is 18.2 Å². The van der Waals surface area contributed by atoms with Crippen molar-refractivity contribution in [3.8, 4) is 5.75 Å². The van der Waals surface area contributed by atoms with E-state index in [0.29, 0.717) is 0 Å². The van der Waals surface area contributed by atoms with Gasteiger partial charge in [-0.25, -0.2) is 0 Å². The first-order valence-corrected chi connectivity index (χ1v) is 6.15. The van der Waals surface area contributed by atoms with Crippen LogP contribution in [-0.2, 0) is 4.74 Å². The molecule has 1 aromatic rings. The van der Waals surface area contributed by atoms with Crippen LogP contribution in [0.3, 0.4) is 0 Å². The Labute approximate surface area is 103 Å². The average Bonchev–Trinajstić information content (AvgIpc) is 2.28. The van der Waals surface area contributed by atoms with E-state index in [1.54, 1.807) is 7.11 Å². The van der Waals surface area contributed by atoms with E-state index in [9.17, 15) is 0 Å². The van der Waals surface area contributed by atoms with Crippen molar-refractivity contribution in [2.45, 2.75) is 33.0 Å². The Hall–Kier alpha value is -1.22.